The second kappa shape index (κ2) is 13.5. The van der Waals surface area contributed by atoms with Gasteiger partial charge in [0.05, 0.1) is 17.9 Å². The number of anilines is 2. The predicted octanol–water partition coefficient (Wildman–Crippen LogP) is 3.51. The minimum atomic E-state index is -0.449. The molecule has 1 amide bonds. The van der Waals surface area contributed by atoms with E-state index in [4.69, 9.17) is 14.7 Å². The maximum Gasteiger partial charge on any atom is 0.410 e. The Labute approximate surface area is 253 Å². The van der Waals surface area contributed by atoms with Gasteiger partial charge in [0.1, 0.15) is 5.60 Å². The summed E-state index contributed by atoms with van der Waals surface area (Å²) in [4.78, 5) is 36.2. The van der Waals surface area contributed by atoms with Gasteiger partial charge in [0, 0.05) is 94.6 Å². The van der Waals surface area contributed by atoms with Crippen LogP contribution >= 0.6 is 22.7 Å². The molecule has 0 saturated carbocycles. The van der Waals surface area contributed by atoms with Crippen molar-refractivity contribution in [1.82, 2.24) is 30.0 Å². The number of amides is 1. The number of aromatic nitrogens is 2. The van der Waals surface area contributed by atoms with Gasteiger partial charge < -0.3 is 34.6 Å². The predicted molar refractivity (Wildman–Crippen MR) is 169 cm³/mol. The average Bonchev–Trinajstić information content (AvgIpc) is 3.61. The average molecular weight is 605 g/mol. The molecule has 228 valence electrons. The van der Waals surface area contributed by atoms with Crippen molar-refractivity contribution in [2.24, 2.45) is 0 Å². The Balaban J connectivity index is 0.000000174. The van der Waals surface area contributed by atoms with Crippen LogP contribution in [0.15, 0.2) is 0 Å². The Morgan fingerprint density at radius 3 is 1.85 bits per heavy atom. The van der Waals surface area contributed by atoms with E-state index in [0.29, 0.717) is 13.1 Å². The van der Waals surface area contributed by atoms with Crippen molar-refractivity contribution in [3.8, 4) is 0 Å². The first-order chi connectivity index (χ1) is 19.7. The van der Waals surface area contributed by atoms with Gasteiger partial charge in [-0.15, -0.1) is 11.3 Å². The molecule has 2 aromatic rings. The van der Waals surface area contributed by atoms with Gasteiger partial charge >= 0.3 is 6.09 Å². The summed E-state index contributed by atoms with van der Waals surface area (Å²) in [7, 11) is 0. The molecule has 2 fully saturated rings. The molecule has 4 aliphatic heterocycles. The first-order valence-corrected chi connectivity index (χ1v) is 17.0. The Bertz CT molecular complexity index is 1120. The van der Waals surface area contributed by atoms with Crippen LogP contribution in [0.1, 0.15) is 55.8 Å². The number of likely N-dealkylation sites (N-methyl/N-ethyl adjacent to an activating group) is 2. The van der Waals surface area contributed by atoms with E-state index in [0.717, 1.165) is 82.6 Å². The molecule has 6 heterocycles. The van der Waals surface area contributed by atoms with E-state index in [9.17, 15) is 4.79 Å². The van der Waals surface area contributed by atoms with Gasteiger partial charge in [0.25, 0.3) is 0 Å². The fraction of sp³-hybridized carbons (Fsp3) is 0.759. The molecule has 12 heteroatoms. The number of thiazole rings is 2. The molecular formula is C29H48N8O2S2. The van der Waals surface area contributed by atoms with Crippen molar-refractivity contribution in [1.29, 1.82) is 0 Å². The van der Waals surface area contributed by atoms with E-state index in [-0.39, 0.29) is 6.09 Å². The molecule has 6 rings (SSSR count). The molecule has 2 saturated heterocycles. The SMILES string of the molecule is CCN1CCN(c2nc3c(s2)CN(C(=O)OC(C)(C)C)CC3)CC1.CCN1CCN(c2nc3c(s2)CNCC3)CC1. The molecule has 4 aliphatic rings. The molecular weight excluding hydrogens is 557 g/mol. The monoisotopic (exact) mass is 604 g/mol. The molecule has 10 nitrogen and oxygen atoms in total. The lowest BCUT2D eigenvalue weighted by Crippen LogP contribution is -2.46. The fourth-order valence-electron chi connectivity index (χ4n) is 5.56. The lowest BCUT2D eigenvalue weighted by molar-refractivity contribution is 0.0225. The molecule has 0 radical (unpaired) electrons. The normalized spacial score (nSPS) is 20.3. The summed E-state index contributed by atoms with van der Waals surface area (Å²) < 4.78 is 5.49. The molecule has 41 heavy (non-hydrogen) atoms. The molecule has 0 aromatic carbocycles. The topological polar surface area (TPSA) is 80.3 Å². The summed E-state index contributed by atoms with van der Waals surface area (Å²) in [5.41, 5.74) is 2.05. The largest absolute Gasteiger partial charge is 0.444 e. The second-order valence-electron chi connectivity index (χ2n) is 12.2. The Morgan fingerprint density at radius 2 is 1.34 bits per heavy atom. The summed E-state index contributed by atoms with van der Waals surface area (Å²) in [6, 6.07) is 0. The number of rotatable bonds is 4. The fourth-order valence-corrected chi connectivity index (χ4v) is 7.86. The van der Waals surface area contributed by atoms with Gasteiger partial charge in [-0.25, -0.2) is 14.8 Å². The number of hydrogen-bond donors (Lipinski definition) is 1. The van der Waals surface area contributed by atoms with Crippen LogP contribution in [0.5, 0.6) is 0 Å². The molecule has 1 N–H and O–H groups in total. The van der Waals surface area contributed by atoms with E-state index < -0.39 is 5.60 Å². The highest BCUT2D eigenvalue weighted by Gasteiger charge is 2.29. The molecule has 0 spiro atoms. The lowest BCUT2D eigenvalue weighted by atomic mass is 10.2. The van der Waals surface area contributed by atoms with E-state index in [1.807, 2.05) is 32.1 Å². The number of ether oxygens (including phenoxy) is 1. The van der Waals surface area contributed by atoms with Gasteiger partial charge in [-0.3, -0.25) is 0 Å². The van der Waals surface area contributed by atoms with Crippen molar-refractivity contribution in [2.45, 2.75) is 66.2 Å². The Hall–Kier alpha value is -1.99. The van der Waals surface area contributed by atoms with Gasteiger partial charge in [-0.2, -0.15) is 0 Å². The van der Waals surface area contributed by atoms with E-state index in [1.165, 1.54) is 40.2 Å². The van der Waals surface area contributed by atoms with Gasteiger partial charge in [0.2, 0.25) is 0 Å². The summed E-state index contributed by atoms with van der Waals surface area (Å²) in [6.45, 7) is 24.8. The quantitative estimate of drug-likeness (QED) is 0.564. The minimum Gasteiger partial charge on any atom is -0.444 e. The first-order valence-electron chi connectivity index (χ1n) is 15.3. The number of carbonyl (C=O) groups is 1. The summed E-state index contributed by atoms with van der Waals surface area (Å²) in [5, 5.41) is 5.77. The van der Waals surface area contributed by atoms with Crippen LogP contribution in [0.4, 0.5) is 15.1 Å². The summed E-state index contributed by atoms with van der Waals surface area (Å²) >= 11 is 3.62. The van der Waals surface area contributed by atoms with Gasteiger partial charge in [-0.1, -0.05) is 25.2 Å². The van der Waals surface area contributed by atoms with Crippen LogP contribution in [-0.4, -0.2) is 115 Å². The van der Waals surface area contributed by atoms with E-state index >= 15 is 0 Å². The number of piperazine rings is 2. The van der Waals surface area contributed by atoms with E-state index in [1.54, 1.807) is 16.2 Å². The maximum atomic E-state index is 12.3. The summed E-state index contributed by atoms with van der Waals surface area (Å²) in [6.07, 6.45) is 1.69. The number of nitrogens with zero attached hydrogens (tertiary/aromatic N) is 7. The van der Waals surface area contributed by atoms with Crippen LogP contribution in [-0.2, 0) is 30.7 Å². The third kappa shape index (κ3) is 7.90. The van der Waals surface area contributed by atoms with Gasteiger partial charge in [-0.05, 0) is 33.9 Å². The molecule has 0 unspecified atom stereocenters. The lowest BCUT2D eigenvalue weighted by Gasteiger charge is -2.33. The third-order valence-corrected chi connectivity index (χ3v) is 10.4. The van der Waals surface area contributed by atoms with Gasteiger partial charge in [0.15, 0.2) is 10.3 Å². The number of carbonyl (C=O) groups excluding carboxylic acids is 1. The smallest absolute Gasteiger partial charge is 0.410 e. The zero-order valence-corrected chi connectivity index (χ0v) is 27.2. The molecule has 0 bridgehead atoms. The van der Waals surface area contributed by atoms with Crippen LogP contribution in [0.2, 0.25) is 0 Å². The number of nitrogens with one attached hydrogen (secondary N) is 1. The van der Waals surface area contributed by atoms with Crippen molar-refractivity contribution in [2.75, 3.05) is 88.3 Å². The number of fused-ring (bicyclic) bond motifs is 2. The second-order valence-corrected chi connectivity index (χ2v) is 14.3. The van der Waals surface area contributed by atoms with Crippen molar-refractivity contribution >= 4 is 39.0 Å². The Kier molecular flexibility index (Phi) is 10.1. The molecule has 0 atom stereocenters. The first kappa shape index (κ1) is 30.5. The van der Waals surface area contributed by atoms with Crippen LogP contribution in [0.3, 0.4) is 0 Å². The van der Waals surface area contributed by atoms with Crippen molar-refractivity contribution in [3.63, 3.8) is 0 Å². The minimum absolute atomic E-state index is 0.223. The third-order valence-electron chi connectivity index (χ3n) is 8.14. The van der Waals surface area contributed by atoms with Crippen LogP contribution in [0.25, 0.3) is 0 Å². The van der Waals surface area contributed by atoms with Crippen molar-refractivity contribution < 1.29 is 9.53 Å². The highest BCUT2D eigenvalue weighted by atomic mass is 32.1. The molecule has 2 aromatic heterocycles. The zero-order chi connectivity index (χ0) is 29.0. The van der Waals surface area contributed by atoms with Crippen molar-refractivity contribution in [3.05, 3.63) is 21.1 Å². The standard InChI is InChI=1S/C17H28N4O2S.C12H20N4S/c1-5-19-8-10-20(11-9-19)15-18-13-6-7-21(12-14(13)24-15)16(22)23-17(2,3)4;1-2-15-5-7-16(8-6-15)12-14-10-3-4-13-9-11(10)17-12/h5-12H2,1-4H3;13H,2-9H2,1H3. The van der Waals surface area contributed by atoms with E-state index in [2.05, 4.69) is 38.8 Å². The zero-order valence-electron chi connectivity index (χ0n) is 25.6. The van der Waals surface area contributed by atoms with Crippen LogP contribution in [0, 0.1) is 0 Å². The highest BCUT2D eigenvalue weighted by molar-refractivity contribution is 7.16. The summed E-state index contributed by atoms with van der Waals surface area (Å²) in [5.74, 6) is 0. The van der Waals surface area contributed by atoms with Crippen LogP contribution < -0.4 is 15.1 Å². The number of hydrogen-bond acceptors (Lipinski definition) is 11. The molecule has 0 aliphatic carbocycles. The maximum absolute atomic E-state index is 12.3. The Morgan fingerprint density at radius 1 is 0.805 bits per heavy atom. The highest BCUT2D eigenvalue weighted by Crippen LogP contribution is 2.32.